The van der Waals surface area contributed by atoms with E-state index in [0.717, 1.165) is 21.9 Å². The molecule has 1 nitrogen and oxygen atoms in total. The van der Waals surface area contributed by atoms with E-state index in [1.807, 2.05) is 12.1 Å². The second kappa shape index (κ2) is 8.43. The molecule has 0 aliphatic heterocycles. The molecule has 1 spiro atoms. The second-order valence-corrected chi connectivity index (χ2v) is 10.5. The van der Waals surface area contributed by atoms with Crippen molar-refractivity contribution in [2.24, 2.45) is 0 Å². The third kappa shape index (κ3) is 2.81. The van der Waals surface area contributed by atoms with E-state index in [0.29, 0.717) is 0 Å². The number of fused-ring (bicyclic) bond motifs is 13. The Kier molecular flexibility index (Phi) is 4.81. The van der Waals surface area contributed by atoms with Crippen LogP contribution in [0.15, 0.2) is 151 Å². The summed E-state index contributed by atoms with van der Waals surface area (Å²) < 4.78 is 6.11. The highest BCUT2D eigenvalue weighted by Gasteiger charge is 2.51. The van der Waals surface area contributed by atoms with Crippen LogP contribution in [-0.2, 0) is 5.41 Å². The summed E-state index contributed by atoms with van der Waals surface area (Å²) in [5.74, 6) is 0. The van der Waals surface area contributed by atoms with Gasteiger partial charge in [-0.3, -0.25) is 0 Å². The highest BCUT2D eigenvalue weighted by molar-refractivity contribution is 6.06. The summed E-state index contributed by atoms with van der Waals surface area (Å²) in [5.41, 5.74) is 14.8. The lowest BCUT2D eigenvalue weighted by Crippen LogP contribution is -2.25. The van der Waals surface area contributed by atoms with E-state index in [1.165, 1.54) is 55.6 Å². The summed E-state index contributed by atoms with van der Waals surface area (Å²) in [5, 5.41) is 2.32. The van der Waals surface area contributed by atoms with Crippen LogP contribution in [0.25, 0.3) is 55.3 Å². The maximum absolute atomic E-state index is 6.11. The lowest BCUT2D eigenvalue weighted by Gasteiger charge is -2.30. The molecule has 0 atom stereocenters. The molecule has 0 saturated carbocycles. The number of hydrogen-bond acceptors (Lipinski definition) is 1. The summed E-state index contributed by atoms with van der Waals surface area (Å²) in [6.45, 7) is 6.00. The van der Waals surface area contributed by atoms with Crippen LogP contribution in [0.3, 0.4) is 0 Å². The monoisotopic (exact) mass is 510 g/mol. The third-order valence-corrected chi connectivity index (χ3v) is 8.71. The lowest BCUT2D eigenvalue weighted by atomic mass is 9.70. The van der Waals surface area contributed by atoms with Crippen LogP contribution in [0.5, 0.6) is 0 Å². The molecule has 0 radical (unpaired) electrons. The molecule has 188 valence electrons. The fourth-order valence-electron chi connectivity index (χ4n) is 7.18. The predicted molar refractivity (Wildman–Crippen MR) is 167 cm³/mol. The highest BCUT2D eigenvalue weighted by atomic mass is 16.3. The van der Waals surface area contributed by atoms with Crippen LogP contribution in [0.1, 0.15) is 22.3 Å². The zero-order valence-corrected chi connectivity index (χ0v) is 22.0. The molecule has 0 N–H and O–H groups in total. The van der Waals surface area contributed by atoms with Crippen molar-refractivity contribution in [1.82, 2.24) is 0 Å². The van der Waals surface area contributed by atoms with Gasteiger partial charge in [-0.2, -0.15) is 0 Å². The van der Waals surface area contributed by atoms with Gasteiger partial charge in [-0.05, 0) is 79.9 Å². The molecule has 0 saturated heterocycles. The van der Waals surface area contributed by atoms with Gasteiger partial charge in [-0.15, -0.1) is 13.2 Å². The topological polar surface area (TPSA) is 13.1 Å². The first-order chi connectivity index (χ1) is 19.8. The first kappa shape index (κ1) is 22.8. The lowest BCUT2D eigenvalue weighted by molar-refractivity contribution is 0.669. The number of furan rings is 1. The molecule has 0 amide bonds. The van der Waals surface area contributed by atoms with E-state index in [2.05, 4.69) is 134 Å². The van der Waals surface area contributed by atoms with E-state index < -0.39 is 0 Å². The van der Waals surface area contributed by atoms with Crippen LogP contribution in [0, 0.1) is 0 Å². The summed E-state index contributed by atoms with van der Waals surface area (Å²) in [6.07, 6.45) is 0. The summed E-state index contributed by atoms with van der Waals surface area (Å²) in [6, 6.07) is 48.9. The smallest absolute Gasteiger partial charge is 0.135 e. The summed E-state index contributed by atoms with van der Waals surface area (Å²) >= 11 is 0. The molecule has 9 rings (SSSR count). The second-order valence-electron chi connectivity index (χ2n) is 10.5. The SMILES string of the molecule is C=C.c1ccc2c(c1)-c1ccccc1C21c2ccccc2-c2ccc(-c3ccc4oc5ccccc5c4c3)cc21. The van der Waals surface area contributed by atoms with Crippen molar-refractivity contribution in [3.63, 3.8) is 0 Å². The Morgan fingerprint density at radius 3 is 1.52 bits per heavy atom. The van der Waals surface area contributed by atoms with Gasteiger partial charge in [0.2, 0.25) is 0 Å². The van der Waals surface area contributed by atoms with E-state index in [4.69, 9.17) is 4.42 Å². The molecular formula is C39H26O. The van der Waals surface area contributed by atoms with Gasteiger partial charge < -0.3 is 4.42 Å². The minimum absolute atomic E-state index is 0.318. The highest BCUT2D eigenvalue weighted by Crippen LogP contribution is 2.62. The minimum atomic E-state index is -0.318. The van der Waals surface area contributed by atoms with Crippen molar-refractivity contribution in [3.05, 3.63) is 169 Å². The average Bonchev–Trinajstić information content (AvgIpc) is 3.65. The van der Waals surface area contributed by atoms with Crippen LogP contribution >= 0.6 is 0 Å². The van der Waals surface area contributed by atoms with Crippen molar-refractivity contribution in [3.8, 4) is 33.4 Å². The molecule has 0 bridgehead atoms. The molecule has 2 aliphatic rings. The number of benzene rings is 6. The molecule has 1 heteroatoms. The van der Waals surface area contributed by atoms with Gasteiger partial charge in [-0.1, -0.05) is 109 Å². The normalized spacial score (nSPS) is 13.4. The molecule has 1 heterocycles. The molecule has 7 aromatic rings. The molecule has 0 fully saturated rings. The Bertz CT molecular complexity index is 2040. The van der Waals surface area contributed by atoms with Crippen molar-refractivity contribution in [2.75, 3.05) is 0 Å². The van der Waals surface area contributed by atoms with Crippen LogP contribution in [0.4, 0.5) is 0 Å². The van der Waals surface area contributed by atoms with E-state index in [1.54, 1.807) is 0 Å². The van der Waals surface area contributed by atoms with Crippen molar-refractivity contribution in [2.45, 2.75) is 5.41 Å². The molecule has 0 unspecified atom stereocenters. The van der Waals surface area contributed by atoms with Gasteiger partial charge >= 0.3 is 0 Å². The maximum Gasteiger partial charge on any atom is 0.135 e. The summed E-state index contributed by atoms with van der Waals surface area (Å²) in [7, 11) is 0. The number of para-hydroxylation sites is 1. The number of hydrogen-bond donors (Lipinski definition) is 0. The van der Waals surface area contributed by atoms with Gasteiger partial charge in [-0.25, -0.2) is 0 Å². The zero-order valence-electron chi connectivity index (χ0n) is 22.0. The molecular weight excluding hydrogens is 484 g/mol. The van der Waals surface area contributed by atoms with Crippen LogP contribution < -0.4 is 0 Å². The van der Waals surface area contributed by atoms with E-state index >= 15 is 0 Å². The largest absolute Gasteiger partial charge is 0.456 e. The Morgan fingerprint density at radius 2 is 0.875 bits per heavy atom. The van der Waals surface area contributed by atoms with Crippen LogP contribution in [0.2, 0.25) is 0 Å². The van der Waals surface area contributed by atoms with Gasteiger partial charge in [0.15, 0.2) is 0 Å². The Morgan fingerprint density at radius 1 is 0.400 bits per heavy atom. The Balaban J connectivity index is 0.00000120. The van der Waals surface area contributed by atoms with Crippen molar-refractivity contribution in [1.29, 1.82) is 0 Å². The van der Waals surface area contributed by atoms with Gasteiger partial charge in [0.25, 0.3) is 0 Å². The first-order valence-corrected chi connectivity index (χ1v) is 13.7. The Labute approximate surface area is 233 Å². The van der Waals surface area contributed by atoms with Gasteiger partial charge in [0, 0.05) is 10.8 Å². The quantitative estimate of drug-likeness (QED) is 0.200. The average molecular weight is 511 g/mol. The maximum atomic E-state index is 6.11. The first-order valence-electron chi connectivity index (χ1n) is 13.7. The number of rotatable bonds is 1. The van der Waals surface area contributed by atoms with Gasteiger partial charge in [0.05, 0.1) is 5.41 Å². The molecule has 2 aliphatic carbocycles. The Hall–Kier alpha value is -5.14. The standard InChI is InChI=1S/C37H22O.C2H4/c1-5-13-31-25(9-1)26-10-2-6-14-32(26)37(31)33-15-7-3-11-27(33)28-19-17-24(22-34(28)37)23-18-20-36-30(21-23)29-12-4-8-16-35(29)38-36;1-2/h1-22H;1-2H2. The fraction of sp³-hybridized carbons (Fsp3) is 0.0256. The minimum Gasteiger partial charge on any atom is -0.456 e. The van der Waals surface area contributed by atoms with Crippen molar-refractivity contribution < 1.29 is 4.42 Å². The van der Waals surface area contributed by atoms with Crippen molar-refractivity contribution >= 4 is 21.9 Å². The van der Waals surface area contributed by atoms with E-state index in [9.17, 15) is 0 Å². The van der Waals surface area contributed by atoms with Crippen LogP contribution in [-0.4, -0.2) is 0 Å². The molecule has 6 aromatic carbocycles. The third-order valence-electron chi connectivity index (χ3n) is 8.71. The molecule has 1 aromatic heterocycles. The van der Waals surface area contributed by atoms with E-state index in [-0.39, 0.29) is 5.41 Å². The predicted octanol–water partition coefficient (Wildman–Crippen LogP) is 10.4. The fourth-order valence-corrected chi connectivity index (χ4v) is 7.18. The zero-order chi connectivity index (χ0) is 26.8. The van der Waals surface area contributed by atoms with Gasteiger partial charge in [0.1, 0.15) is 11.2 Å². The summed E-state index contributed by atoms with van der Waals surface area (Å²) in [4.78, 5) is 0. The molecule has 40 heavy (non-hydrogen) atoms.